The number of rotatable bonds is 2. The summed E-state index contributed by atoms with van der Waals surface area (Å²) in [7, 11) is 0. The molecule has 302 valence electrons. The molecule has 10 rings (SSSR count). The topological polar surface area (TPSA) is 6.48 Å². The average Bonchev–Trinajstić information content (AvgIpc) is 3.53. The predicted octanol–water partition coefficient (Wildman–Crippen LogP) is 13.6. The molecule has 0 aromatic heterocycles. The molecule has 59 heavy (non-hydrogen) atoms. The van der Waals surface area contributed by atoms with E-state index in [1.54, 1.807) is 11.0 Å². The van der Waals surface area contributed by atoms with Gasteiger partial charge in [0.05, 0.1) is 11.2 Å². The molecule has 2 nitrogen and oxygen atoms in total. The molecule has 0 radical (unpaired) electrons. The maximum absolute atomic E-state index is 2.91. The van der Waals surface area contributed by atoms with Gasteiger partial charge in [-0.05, 0) is 123 Å². The second-order valence-corrected chi connectivity index (χ2v) is 23.1. The first-order chi connectivity index (χ1) is 27.6. The molecule has 0 amide bonds. The molecule has 1 fully saturated rings. The summed E-state index contributed by atoms with van der Waals surface area (Å²) >= 11 is 0. The van der Waals surface area contributed by atoms with Gasteiger partial charge in [-0.1, -0.05) is 162 Å². The Morgan fingerprint density at radius 2 is 1.19 bits per heavy atom. The first-order valence-corrected chi connectivity index (χ1v) is 22.6. The van der Waals surface area contributed by atoms with Gasteiger partial charge in [-0.15, -0.1) is 0 Å². The van der Waals surface area contributed by atoms with Crippen LogP contribution in [0.15, 0.2) is 96.5 Å². The fourth-order valence-electron chi connectivity index (χ4n) is 12.3. The van der Waals surface area contributed by atoms with Crippen molar-refractivity contribution in [3.05, 3.63) is 135 Å². The highest BCUT2D eigenvalue weighted by atomic mass is 15.3. The van der Waals surface area contributed by atoms with Crippen LogP contribution in [-0.2, 0) is 27.1 Å². The summed E-state index contributed by atoms with van der Waals surface area (Å²) < 4.78 is 0. The highest BCUT2D eigenvalue weighted by molar-refractivity contribution is 6.96. The van der Waals surface area contributed by atoms with Crippen molar-refractivity contribution in [1.82, 2.24) is 0 Å². The Morgan fingerprint density at radius 1 is 0.576 bits per heavy atom. The highest BCUT2D eigenvalue weighted by Gasteiger charge is 2.63. The van der Waals surface area contributed by atoms with Crippen LogP contribution in [0.4, 0.5) is 22.7 Å². The lowest BCUT2D eigenvalue weighted by atomic mass is 9.30. The molecule has 2 atom stereocenters. The lowest BCUT2D eigenvalue weighted by molar-refractivity contribution is 0.195. The Morgan fingerprint density at radius 3 is 1.85 bits per heavy atom. The second kappa shape index (κ2) is 12.1. The molecule has 0 spiro atoms. The van der Waals surface area contributed by atoms with Crippen LogP contribution in [0.5, 0.6) is 0 Å². The number of aryl methyl sites for hydroxylation is 1. The molecule has 5 aromatic carbocycles. The van der Waals surface area contributed by atoms with Crippen LogP contribution in [0.25, 0.3) is 16.8 Å². The summed E-state index contributed by atoms with van der Waals surface area (Å²) in [4.78, 5) is 5.66. The predicted molar refractivity (Wildman–Crippen MR) is 256 cm³/mol. The summed E-state index contributed by atoms with van der Waals surface area (Å²) in [5.74, 6) is 0. The number of hydrogen-bond donors (Lipinski definition) is 0. The van der Waals surface area contributed by atoms with Crippen molar-refractivity contribution >= 4 is 46.1 Å². The number of allylic oxidation sites excluding steroid dienone is 1. The third-order valence-electron chi connectivity index (χ3n) is 15.9. The zero-order valence-corrected chi connectivity index (χ0v) is 38.5. The number of nitrogens with zero attached hydrogens (tertiary/aromatic N) is 2. The molecule has 3 aliphatic heterocycles. The van der Waals surface area contributed by atoms with Gasteiger partial charge in [-0.25, -0.2) is 0 Å². The van der Waals surface area contributed by atoms with Crippen molar-refractivity contribution in [2.75, 3.05) is 9.80 Å². The largest absolute Gasteiger partial charge is 0.335 e. The van der Waals surface area contributed by atoms with Gasteiger partial charge in [0, 0.05) is 44.7 Å². The molecule has 2 aliphatic carbocycles. The van der Waals surface area contributed by atoms with Crippen LogP contribution in [0.3, 0.4) is 0 Å². The molecular weight excluding hydrogens is 711 g/mol. The van der Waals surface area contributed by atoms with Crippen molar-refractivity contribution in [3.63, 3.8) is 0 Å². The van der Waals surface area contributed by atoms with Crippen molar-refractivity contribution in [2.24, 2.45) is 0 Å². The van der Waals surface area contributed by atoms with E-state index in [0.29, 0.717) is 0 Å². The minimum absolute atomic E-state index is 0.00949. The minimum atomic E-state index is -0.214. The Bertz CT molecular complexity index is 2640. The van der Waals surface area contributed by atoms with Gasteiger partial charge < -0.3 is 9.80 Å². The summed E-state index contributed by atoms with van der Waals surface area (Å²) in [6.07, 6.45) is 4.99. The summed E-state index contributed by atoms with van der Waals surface area (Å²) in [5.41, 5.74) is 23.9. The van der Waals surface area contributed by atoms with E-state index in [2.05, 4.69) is 198 Å². The molecule has 0 saturated heterocycles. The molecule has 2 unspecified atom stereocenters. The Labute approximate surface area is 356 Å². The zero-order chi connectivity index (χ0) is 42.0. The lowest BCUT2D eigenvalue weighted by Crippen LogP contribution is -2.62. The van der Waals surface area contributed by atoms with Gasteiger partial charge in [-0.3, -0.25) is 0 Å². The fraction of sp³-hybridized carbons (Fsp3) is 0.429. The molecule has 3 heteroatoms. The molecule has 0 N–H and O–H groups in total. The molecule has 1 saturated carbocycles. The van der Waals surface area contributed by atoms with Gasteiger partial charge in [-0.2, -0.15) is 0 Å². The number of fused-ring (bicyclic) bond motifs is 8. The van der Waals surface area contributed by atoms with E-state index < -0.39 is 0 Å². The van der Waals surface area contributed by atoms with Crippen molar-refractivity contribution in [1.29, 1.82) is 0 Å². The number of hydrogen-bond acceptors (Lipinski definition) is 2. The van der Waals surface area contributed by atoms with Gasteiger partial charge in [0.25, 0.3) is 0 Å². The van der Waals surface area contributed by atoms with E-state index in [0.717, 1.165) is 0 Å². The van der Waals surface area contributed by atoms with Gasteiger partial charge in [0.1, 0.15) is 0 Å². The standard InChI is InChI=1S/C56H65BN2/c1-34-28-45-47-46(29-34)59-49-42(55(13)26-18-19-27-56(55,59)14)32-38(53(8,9)10)33-43(49)57(47)50-48(40-31-36(51(2,3)4)22-24-41(40)54(50,11)12)58(45)44-25-23-37(52(5,6)7)30-39(44)35-20-16-15-17-21-35/h15-17,20-25,28-33H,18-19,26-27H2,1-14H3. The average molecular weight is 777 g/mol. The number of benzene rings is 5. The van der Waals surface area contributed by atoms with E-state index in [-0.39, 0.29) is 39.3 Å². The SMILES string of the molecule is Cc1cc2c3c(c1)N1c4c(cc(C(C)(C)C)cc4C4(C)CCCCC14C)B3C1=C(c3cc(C(C)(C)C)ccc3C1(C)C)N2c1ccc(C(C)(C)C)cc1-c1ccccc1. The van der Waals surface area contributed by atoms with Crippen LogP contribution in [-0.4, -0.2) is 12.3 Å². The first kappa shape index (κ1) is 38.7. The van der Waals surface area contributed by atoms with E-state index in [4.69, 9.17) is 0 Å². The van der Waals surface area contributed by atoms with Crippen LogP contribution in [0, 0.1) is 6.92 Å². The van der Waals surface area contributed by atoms with Gasteiger partial charge >= 0.3 is 0 Å². The Balaban J connectivity index is 1.39. The summed E-state index contributed by atoms with van der Waals surface area (Å²) in [5, 5.41) is 0. The monoisotopic (exact) mass is 777 g/mol. The molecular formula is C56H65BN2. The lowest BCUT2D eigenvalue weighted by Gasteiger charge is -2.53. The van der Waals surface area contributed by atoms with Crippen molar-refractivity contribution < 1.29 is 0 Å². The maximum atomic E-state index is 2.91. The highest BCUT2D eigenvalue weighted by Crippen LogP contribution is 2.64. The fourth-order valence-corrected chi connectivity index (χ4v) is 12.3. The van der Waals surface area contributed by atoms with Crippen LogP contribution in [0.2, 0.25) is 0 Å². The van der Waals surface area contributed by atoms with E-state index in [1.165, 1.54) is 110 Å². The third kappa shape index (κ3) is 5.18. The van der Waals surface area contributed by atoms with Crippen LogP contribution < -0.4 is 20.7 Å². The molecule has 5 aromatic rings. The van der Waals surface area contributed by atoms with Crippen LogP contribution in [0.1, 0.15) is 155 Å². The molecule has 0 bridgehead atoms. The van der Waals surface area contributed by atoms with E-state index in [1.807, 2.05) is 0 Å². The Kier molecular flexibility index (Phi) is 7.92. The summed E-state index contributed by atoms with van der Waals surface area (Å²) in [6.45, 7) is 34.2. The summed E-state index contributed by atoms with van der Waals surface area (Å²) in [6, 6.07) is 36.5. The van der Waals surface area contributed by atoms with E-state index in [9.17, 15) is 0 Å². The third-order valence-corrected chi connectivity index (χ3v) is 15.9. The van der Waals surface area contributed by atoms with Crippen molar-refractivity contribution in [2.45, 2.75) is 155 Å². The minimum Gasteiger partial charge on any atom is -0.335 e. The van der Waals surface area contributed by atoms with Crippen LogP contribution >= 0.6 is 0 Å². The normalized spacial score (nSPS) is 22.6. The van der Waals surface area contributed by atoms with E-state index >= 15 is 0 Å². The number of anilines is 4. The molecule has 5 aliphatic rings. The first-order valence-electron chi connectivity index (χ1n) is 22.6. The molecule has 3 heterocycles. The quantitative estimate of drug-likeness (QED) is 0.165. The van der Waals surface area contributed by atoms with Gasteiger partial charge in [0.15, 0.2) is 0 Å². The second-order valence-electron chi connectivity index (χ2n) is 23.1. The van der Waals surface area contributed by atoms with Gasteiger partial charge in [0.2, 0.25) is 6.71 Å². The maximum Gasteiger partial charge on any atom is 0.248 e. The smallest absolute Gasteiger partial charge is 0.248 e. The zero-order valence-electron chi connectivity index (χ0n) is 38.5. The Hall–Kier alpha value is -4.50. The van der Waals surface area contributed by atoms with Crippen molar-refractivity contribution in [3.8, 4) is 11.1 Å².